The number of carbonyl (C=O) groups excluding carboxylic acids is 1. The van der Waals surface area contributed by atoms with Gasteiger partial charge in [0.2, 0.25) is 5.76 Å². The van der Waals surface area contributed by atoms with E-state index in [4.69, 9.17) is 9.26 Å². The maximum Gasteiger partial charge on any atom is 0.292 e. The Hall–Kier alpha value is -3.15. The fourth-order valence-electron chi connectivity index (χ4n) is 2.55. The number of nitrogens with zero attached hydrogens (tertiary/aromatic N) is 2. The van der Waals surface area contributed by atoms with Crippen LogP contribution in [0.1, 0.15) is 23.0 Å². The zero-order valence-electron chi connectivity index (χ0n) is 14.6. The van der Waals surface area contributed by atoms with Crippen LogP contribution in [0.4, 0.5) is 4.39 Å². The molecule has 3 aromatic rings. The van der Waals surface area contributed by atoms with Crippen LogP contribution in [0.3, 0.4) is 0 Å². The molecular formula is C20H19FN2O3. The monoisotopic (exact) mass is 354 g/mol. The fourth-order valence-corrected chi connectivity index (χ4v) is 2.55. The van der Waals surface area contributed by atoms with Crippen molar-refractivity contribution in [3.05, 3.63) is 71.7 Å². The Kier molecular flexibility index (Phi) is 5.31. The lowest BCUT2D eigenvalue weighted by Gasteiger charge is -2.15. The first-order valence-electron chi connectivity index (χ1n) is 8.26. The van der Waals surface area contributed by atoms with Crippen molar-refractivity contribution < 1.29 is 18.4 Å². The fraction of sp³-hybridized carbons (Fsp3) is 0.200. The molecule has 0 radical (unpaired) electrons. The summed E-state index contributed by atoms with van der Waals surface area (Å²) in [5.74, 6) is 0.234. The van der Waals surface area contributed by atoms with Gasteiger partial charge in [-0.15, -0.1) is 0 Å². The number of ether oxygens (including phenoxy) is 1. The SMILES string of the molecule is CCOc1ccc(CN(C)C(=O)c2cc(-c3cccc(F)c3)no2)cc1. The number of carbonyl (C=O) groups is 1. The summed E-state index contributed by atoms with van der Waals surface area (Å²) in [4.78, 5) is 14.1. The van der Waals surface area contributed by atoms with E-state index >= 15 is 0 Å². The Bertz CT molecular complexity index is 890. The van der Waals surface area contributed by atoms with Crippen LogP contribution in [0.15, 0.2) is 59.1 Å². The van der Waals surface area contributed by atoms with Gasteiger partial charge in [-0.1, -0.05) is 29.4 Å². The van der Waals surface area contributed by atoms with E-state index in [1.165, 1.54) is 23.1 Å². The van der Waals surface area contributed by atoms with E-state index < -0.39 is 0 Å². The molecule has 0 fully saturated rings. The summed E-state index contributed by atoms with van der Waals surface area (Å²) < 4.78 is 23.9. The Morgan fingerprint density at radius 3 is 2.65 bits per heavy atom. The third-order valence-electron chi connectivity index (χ3n) is 3.84. The van der Waals surface area contributed by atoms with Crippen LogP contribution in [0, 0.1) is 5.82 Å². The summed E-state index contributed by atoms with van der Waals surface area (Å²) in [5, 5.41) is 3.86. The first-order chi connectivity index (χ1) is 12.6. The van der Waals surface area contributed by atoms with Gasteiger partial charge >= 0.3 is 0 Å². The molecule has 0 atom stereocenters. The predicted molar refractivity (Wildman–Crippen MR) is 95.3 cm³/mol. The highest BCUT2D eigenvalue weighted by Crippen LogP contribution is 2.21. The third kappa shape index (κ3) is 4.08. The van der Waals surface area contributed by atoms with E-state index in [1.54, 1.807) is 19.2 Å². The minimum Gasteiger partial charge on any atom is -0.494 e. The Morgan fingerprint density at radius 2 is 1.96 bits per heavy atom. The van der Waals surface area contributed by atoms with Gasteiger partial charge in [0, 0.05) is 25.2 Å². The number of aromatic nitrogens is 1. The number of benzene rings is 2. The van der Waals surface area contributed by atoms with Crippen LogP contribution in [0.25, 0.3) is 11.3 Å². The molecule has 3 rings (SSSR count). The molecule has 1 heterocycles. The maximum atomic E-state index is 13.3. The molecule has 1 amide bonds. The topological polar surface area (TPSA) is 55.6 Å². The molecule has 0 saturated carbocycles. The van der Waals surface area contributed by atoms with E-state index in [1.807, 2.05) is 31.2 Å². The van der Waals surface area contributed by atoms with Gasteiger partial charge < -0.3 is 14.2 Å². The smallest absolute Gasteiger partial charge is 0.292 e. The Morgan fingerprint density at radius 1 is 1.19 bits per heavy atom. The van der Waals surface area contributed by atoms with E-state index in [0.717, 1.165) is 11.3 Å². The van der Waals surface area contributed by atoms with Gasteiger partial charge in [-0.25, -0.2) is 4.39 Å². The zero-order chi connectivity index (χ0) is 18.5. The average molecular weight is 354 g/mol. The second-order valence-electron chi connectivity index (χ2n) is 5.82. The van der Waals surface area contributed by atoms with Crippen molar-refractivity contribution >= 4 is 5.91 Å². The third-order valence-corrected chi connectivity index (χ3v) is 3.84. The average Bonchev–Trinajstić information content (AvgIpc) is 3.13. The molecule has 0 bridgehead atoms. The van der Waals surface area contributed by atoms with Crippen LogP contribution in [-0.4, -0.2) is 29.6 Å². The van der Waals surface area contributed by atoms with Crippen molar-refractivity contribution in [1.82, 2.24) is 10.1 Å². The van der Waals surface area contributed by atoms with Gasteiger partial charge in [-0.3, -0.25) is 4.79 Å². The van der Waals surface area contributed by atoms with Gasteiger partial charge in [0.25, 0.3) is 5.91 Å². The molecule has 0 unspecified atom stereocenters. The standard InChI is InChI=1S/C20H19FN2O3/c1-3-25-17-9-7-14(8-10-17)13-23(2)20(24)19-12-18(22-26-19)15-5-4-6-16(21)11-15/h4-12H,3,13H2,1-2H3. The molecule has 1 aromatic heterocycles. The minimum atomic E-state index is -0.369. The van der Waals surface area contributed by atoms with Crippen molar-refractivity contribution in [3.63, 3.8) is 0 Å². The second-order valence-corrected chi connectivity index (χ2v) is 5.82. The number of hydrogen-bond acceptors (Lipinski definition) is 4. The largest absolute Gasteiger partial charge is 0.494 e. The Labute approximate surface area is 151 Å². The molecule has 5 nitrogen and oxygen atoms in total. The van der Waals surface area contributed by atoms with Gasteiger partial charge in [-0.05, 0) is 36.8 Å². The summed E-state index contributed by atoms with van der Waals surface area (Å²) in [6.07, 6.45) is 0. The number of rotatable bonds is 6. The summed E-state index contributed by atoms with van der Waals surface area (Å²) >= 11 is 0. The second kappa shape index (κ2) is 7.82. The van der Waals surface area contributed by atoms with Crippen LogP contribution in [0.5, 0.6) is 5.75 Å². The summed E-state index contributed by atoms with van der Waals surface area (Å²) in [6.45, 7) is 2.95. The van der Waals surface area contributed by atoms with Crippen LogP contribution >= 0.6 is 0 Å². The van der Waals surface area contributed by atoms with Gasteiger partial charge in [0.15, 0.2) is 0 Å². The molecule has 0 aliphatic rings. The molecular weight excluding hydrogens is 335 g/mol. The van der Waals surface area contributed by atoms with Crippen LogP contribution in [-0.2, 0) is 6.54 Å². The molecule has 0 aliphatic heterocycles. The lowest BCUT2D eigenvalue weighted by Crippen LogP contribution is -2.25. The molecule has 0 aliphatic carbocycles. The van der Waals surface area contributed by atoms with E-state index in [-0.39, 0.29) is 17.5 Å². The molecule has 26 heavy (non-hydrogen) atoms. The zero-order valence-corrected chi connectivity index (χ0v) is 14.6. The maximum absolute atomic E-state index is 13.3. The highest BCUT2D eigenvalue weighted by atomic mass is 19.1. The first kappa shape index (κ1) is 17.7. The first-order valence-corrected chi connectivity index (χ1v) is 8.26. The van der Waals surface area contributed by atoms with Crippen molar-refractivity contribution in [2.75, 3.05) is 13.7 Å². The summed E-state index contributed by atoms with van der Waals surface area (Å²) in [7, 11) is 1.68. The molecule has 2 aromatic carbocycles. The predicted octanol–water partition coefficient (Wildman–Crippen LogP) is 4.15. The van der Waals surface area contributed by atoms with Gasteiger partial charge in [0.05, 0.1) is 6.61 Å². The summed E-state index contributed by atoms with van der Waals surface area (Å²) in [6, 6.07) is 15.1. The van der Waals surface area contributed by atoms with Crippen molar-refractivity contribution in [2.45, 2.75) is 13.5 Å². The normalized spacial score (nSPS) is 10.6. The summed E-state index contributed by atoms with van der Waals surface area (Å²) in [5.41, 5.74) is 1.94. The van der Waals surface area contributed by atoms with E-state index in [0.29, 0.717) is 24.4 Å². The van der Waals surface area contributed by atoms with Gasteiger partial charge in [-0.2, -0.15) is 0 Å². The molecule has 134 valence electrons. The van der Waals surface area contributed by atoms with Crippen LogP contribution < -0.4 is 4.74 Å². The number of hydrogen-bond donors (Lipinski definition) is 0. The van der Waals surface area contributed by atoms with Gasteiger partial charge in [0.1, 0.15) is 17.3 Å². The lowest BCUT2D eigenvalue weighted by atomic mass is 10.1. The highest BCUT2D eigenvalue weighted by molar-refractivity contribution is 5.92. The van der Waals surface area contributed by atoms with E-state index in [9.17, 15) is 9.18 Å². The molecule has 0 saturated heterocycles. The van der Waals surface area contributed by atoms with E-state index in [2.05, 4.69) is 5.16 Å². The lowest BCUT2D eigenvalue weighted by molar-refractivity contribution is 0.0743. The van der Waals surface area contributed by atoms with Crippen molar-refractivity contribution in [1.29, 1.82) is 0 Å². The van der Waals surface area contributed by atoms with Crippen molar-refractivity contribution in [2.24, 2.45) is 0 Å². The Balaban J connectivity index is 1.69. The quantitative estimate of drug-likeness (QED) is 0.667. The molecule has 6 heteroatoms. The molecule has 0 spiro atoms. The molecule has 0 N–H and O–H groups in total. The number of halogens is 1. The minimum absolute atomic E-state index is 0.109. The van der Waals surface area contributed by atoms with Crippen molar-refractivity contribution in [3.8, 4) is 17.0 Å². The number of amides is 1. The van der Waals surface area contributed by atoms with Crippen LogP contribution in [0.2, 0.25) is 0 Å². The highest BCUT2D eigenvalue weighted by Gasteiger charge is 2.18.